The summed E-state index contributed by atoms with van der Waals surface area (Å²) in [4.78, 5) is 4.80. The lowest BCUT2D eigenvalue weighted by atomic mass is 9.93. The lowest BCUT2D eigenvalue weighted by Crippen LogP contribution is -2.16. The average Bonchev–Trinajstić information content (AvgIpc) is 3.64. The Morgan fingerprint density at radius 3 is 2.76 bits per heavy atom. The summed E-state index contributed by atoms with van der Waals surface area (Å²) in [5, 5.41) is 14.8. The highest BCUT2D eigenvalue weighted by molar-refractivity contribution is 6.30. The van der Waals surface area contributed by atoms with Crippen LogP contribution in [0.3, 0.4) is 0 Å². The summed E-state index contributed by atoms with van der Waals surface area (Å²) in [5.74, 6) is -4.81. The van der Waals surface area contributed by atoms with E-state index in [9.17, 15) is 1.37 Å². The number of hydrogen-bond acceptors (Lipinski definition) is 5. The maximum atomic E-state index is 9.60. The van der Waals surface area contributed by atoms with Crippen LogP contribution in [0.5, 0.6) is 0 Å². The van der Waals surface area contributed by atoms with Crippen molar-refractivity contribution in [2.45, 2.75) is 52.9 Å². The molecule has 0 saturated heterocycles. The molecule has 2 aromatic heterocycles. The molecule has 8 heteroatoms. The Morgan fingerprint density at radius 2 is 2.06 bits per heavy atom. The predicted molar refractivity (Wildman–Crippen MR) is 135 cm³/mol. The Balaban J connectivity index is 2.18. The van der Waals surface area contributed by atoms with Crippen LogP contribution < -0.4 is 0 Å². The zero-order valence-corrected chi connectivity index (χ0v) is 19.2. The van der Waals surface area contributed by atoms with Crippen molar-refractivity contribution in [3.63, 3.8) is 0 Å². The van der Waals surface area contributed by atoms with Crippen molar-refractivity contribution in [2.24, 2.45) is 12.9 Å². The number of aliphatic hydroxyl groups is 1. The number of imidazole rings is 1. The molecular weight excluding hydrogens is 448 g/mol. The van der Waals surface area contributed by atoms with Crippen molar-refractivity contribution in [3.8, 4) is 22.5 Å². The van der Waals surface area contributed by atoms with Gasteiger partial charge in [-0.15, -0.1) is 10.2 Å². The number of hydrogen-bond donors (Lipinski definition) is 1. The van der Waals surface area contributed by atoms with Crippen LogP contribution in [0, 0.1) is 12.8 Å². The van der Waals surface area contributed by atoms with Gasteiger partial charge in [0, 0.05) is 22.9 Å². The van der Waals surface area contributed by atoms with Gasteiger partial charge >= 0.3 is 0 Å². The minimum atomic E-state index is -3.64. The Kier molecular flexibility index (Phi) is 2.94. The molecular formula is C26H31ClN6O. The van der Waals surface area contributed by atoms with Gasteiger partial charge in [-0.1, -0.05) is 74.0 Å². The normalized spacial score (nSPS) is 24.8. The van der Waals surface area contributed by atoms with E-state index in [-0.39, 0.29) is 17.0 Å². The second-order valence-electron chi connectivity index (χ2n) is 7.08. The topological polar surface area (TPSA) is 81.7 Å². The van der Waals surface area contributed by atoms with Crippen molar-refractivity contribution in [2.75, 3.05) is 0 Å². The molecule has 0 aliphatic carbocycles. The second kappa shape index (κ2) is 10.1. The maximum absolute atomic E-state index is 9.60. The lowest BCUT2D eigenvalue weighted by molar-refractivity contribution is 0.268. The number of halogens is 1. The Morgan fingerprint density at radius 1 is 1.26 bits per heavy atom. The van der Waals surface area contributed by atoms with E-state index in [0.29, 0.717) is 11.5 Å². The Hall–Kier alpha value is -3.03. The molecule has 34 heavy (non-hydrogen) atoms. The molecule has 1 N–H and O–H groups in total. The van der Waals surface area contributed by atoms with Crippen LogP contribution in [0.1, 0.15) is 80.4 Å². The van der Waals surface area contributed by atoms with Gasteiger partial charge in [0.15, 0.2) is 5.15 Å². The highest BCUT2D eigenvalue weighted by Crippen LogP contribution is 2.34. The van der Waals surface area contributed by atoms with Crippen LogP contribution in [-0.4, -0.2) is 36.3 Å². The fourth-order valence-electron chi connectivity index (χ4n) is 3.24. The van der Waals surface area contributed by atoms with Gasteiger partial charge in [0.25, 0.3) is 0 Å². The summed E-state index contributed by atoms with van der Waals surface area (Å²) in [6.07, 6.45) is -7.20. The summed E-state index contributed by atoms with van der Waals surface area (Å²) in [5.41, 5.74) is -3.39. The van der Waals surface area contributed by atoms with Gasteiger partial charge in [-0.05, 0) is 47.2 Å². The van der Waals surface area contributed by atoms with Crippen LogP contribution in [0.25, 0.3) is 22.5 Å². The molecule has 0 spiro atoms. The number of nitrogens with zero attached hydrogens (tertiary/aromatic N) is 6. The molecule has 2 unspecified atom stereocenters. The van der Waals surface area contributed by atoms with E-state index in [2.05, 4.69) is 25.5 Å². The van der Waals surface area contributed by atoms with Crippen LogP contribution in [0.2, 0.25) is 5.15 Å². The molecule has 178 valence electrons. The summed E-state index contributed by atoms with van der Waals surface area (Å²) >= 11 is 6.29. The molecule has 0 radical (unpaired) electrons. The van der Waals surface area contributed by atoms with Gasteiger partial charge < -0.3 is 9.68 Å². The first kappa shape index (κ1) is 9.91. The van der Waals surface area contributed by atoms with Crippen LogP contribution in [0.15, 0.2) is 42.3 Å². The Bertz CT molecular complexity index is 2100. The van der Waals surface area contributed by atoms with Crippen molar-refractivity contribution in [1.82, 2.24) is 29.8 Å². The molecule has 4 aromatic rings. The smallest absolute Gasteiger partial charge is 0.211 e. The van der Waals surface area contributed by atoms with Crippen molar-refractivity contribution < 1.29 is 29.8 Å². The van der Waals surface area contributed by atoms with E-state index in [4.69, 9.17) is 36.3 Å². The van der Waals surface area contributed by atoms with Gasteiger partial charge in [-0.2, -0.15) is 4.80 Å². The van der Waals surface area contributed by atoms with Gasteiger partial charge in [0.1, 0.15) is 5.82 Å². The van der Waals surface area contributed by atoms with E-state index in [1.807, 2.05) is 0 Å². The third-order valence-corrected chi connectivity index (χ3v) is 5.05. The number of rotatable bonds is 9. The first-order valence-electron chi connectivity index (χ1n) is 19.2. The minimum Gasteiger partial charge on any atom is -0.390 e. The van der Waals surface area contributed by atoms with Crippen molar-refractivity contribution >= 4 is 11.6 Å². The summed E-state index contributed by atoms with van der Waals surface area (Å²) < 4.78 is 161. The molecule has 0 bridgehead atoms. The zero-order chi connectivity index (χ0) is 40.9. The van der Waals surface area contributed by atoms with Crippen LogP contribution >= 0.6 is 11.6 Å². The average molecular weight is 498 g/mol. The number of aryl methyl sites for hydroxylation is 1. The highest BCUT2D eigenvalue weighted by atomic mass is 35.5. The monoisotopic (exact) mass is 497 g/mol. The van der Waals surface area contributed by atoms with E-state index < -0.39 is 114 Å². The summed E-state index contributed by atoms with van der Waals surface area (Å²) in [6.45, 7) is -4.22. The Labute approximate surface area is 232 Å². The van der Waals surface area contributed by atoms with Crippen molar-refractivity contribution in [3.05, 3.63) is 70.1 Å². The van der Waals surface area contributed by atoms with E-state index >= 15 is 0 Å². The van der Waals surface area contributed by atoms with Gasteiger partial charge in [-0.3, -0.25) is 0 Å². The molecule has 0 saturated carbocycles. The summed E-state index contributed by atoms with van der Waals surface area (Å²) in [6, 6.07) is -8.19. The molecule has 2 heterocycles. The fraction of sp³-hybridized carbons (Fsp3) is 0.385. The van der Waals surface area contributed by atoms with E-state index in [1.165, 1.54) is 14.0 Å². The fourth-order valence-corrected chi connectivity index (χ4v) is 3.44. The number of benzene rings is 2. The van der Waals surface area contributed by atoms with Gasteiger partial charge in [0.05, 0.1) is 39.0 Å². The third kappa shape index (κ3) is 4.63. The molecule has 4 rings (SSSR count). The molecule has 0 amide bonds. The summed E-state index contributed by atoms with van der Waals surface area (Å²) in [7, 11) is 1.38. The molecule has 0 aliphatic heterocycles. The predicted octanol–water partition coefficient (Wildman–Crippen LogP) is 5.39. The first-order chi connectivity index (χ1) is 23.9. The number of tetrazole rings is 1. The molecule has 0 fully saturated rings. The SMILES string of the molecule is [2H]OC([2H])([2H])c1c(Cl)nc(C([2H])([2H])C([2H])(C)C([2H])([2H])C([2H])([2H])[2H])n1C([2H])(C)c1c([2H])c([2H])c(-c2c([2H])c([2H])c([2H])c([2H])c2-c2nnn(C)n2)c([2H])c1C. The van der Waals surface area contributed by atoms with Crippen LogP contribution in [0.4, 0.5) is 0 Å². The first-order valence-corrected chi connectivity index (χ1v) is 10.1. The van der Waals surface area contributed by atoms with E-state index in [0.717, 1.165) is 11.7 Å². The van der Waals surface area contributed by atoms with E-state index in [1.54, 1.807) is 0 Å². The molecule has 2 aromatic carbocycles. The molecule has 7 nitrogen and oxygen atoms in total. The maximum Gasteiger partial charge on any atom is 0.211 e. The third-order valence-electron chi connectivity index (χ3n) is 4.79. The standard InChI is InChI=1S/C26H31ClN6O/c1-6-16(2)13-24-28-25(27)23(15-34)33(24)18(4)20-12-11-19(14-17(20)3)21-9-7-8-10-22(21)26-29-31-32(5)30-26/h7-12,14,16,18,34H,6,13,15H2,1-5H3/i1D3,6D2,7D,8D,9D,10D,11D,12D,13D2,14D,15D2,16D,18D,34D. The minimum absolute atomic E-state index is 0.315. The largest absolute Gasteiger partial charge is 0.390 e. The molecule has 2 atom stereocenters. The van der Waals surface area contributed by atoms with Crippen molar-refractivity contribution in [1.29, 1.82) is 1.43 Å². The quantitative estimate of drug-likeness (QED) is 0.335. The second-order valence-corrected chi connectivity index (χ2v) is 7.43. The lowest BCUT2D eigenvalue weighted by Gasteiger charge is -2.23. The van der Waals surface area contributed by atoms with Gasteiger partial charge in [-0.25, -0.2) is 4.98 Å². The van der Waals surface area contributed by atoms with Gasteiger partial charge in [0.2, 0.25) is 7.26 Å². The zero-order valence-electron chi connectivity index (χ0n) is 37.5. The van der Waals surface area contributed by atoms with Crippen LogP contribution in [-0.2, 0) is 20.0 Å². The highest BCUT2D eigenvalue weighted by Gasteiger charge is 2.23. The molecule has 0 aliphatic rings. The number of aromatic nitrogens is 6.